The first-order chi connectivity index (χ1) is 10.4. The zero-order valence-electron chi connectivity index (χ0n) is 12.1. The summed E-state index contributed by atoms with van der Waals surface area (Å²) in [6, 6.07) is 4.88. The van der Waals surface area contributed by atoms with Gasteiger partial charge in [0.1, 0.15) is 5.65 Å². The van der Waals surface area contributed by atoms with Gasteiger partial charge in [-0.15, -0.1) is 0 Å². The molecule has 2 aliphatic heterocycles. The topological polar surface area (TPSA) is 45.1 Å². The maximum Gasteiger partial charge on any atom is 0.142 e. The lowest BCUT2D eigenvalue weighted by atomic mass is 10.1. The van der Waals surface area contributed by atoms with Crippen LogP contribution in [0.1, 0.15) is 18.9 Å². The first kappa shape index (κ1) is 12.9. The van der Waals surface area contributed by atoms with Crippen molar-refractivity contribution < 1.29 is 0 Å². The van der Waals surface area contributed by atoms with Crippen LogP contribution in [0.15, 0.2) is 36.8 Å². The molecule has 5 heteroatoms. The summed E-state index contributed by atoms with van der Waals surface area (Å²) >= 11 is 0. The Morgan fingerprint density at radius 2 is 2.05 bits per heavy atom. The van der Waals surface area contributed by atoms with Crippen LogP contribution in [0, 0.1) is 0 Å². The third-order valence-corrected chi connectivity index (χ3v) is 4.43. The smallest absolute Gasteiger partial charge is 0.142 e. The highest BCUT2D eigenvalue weighted by Crippen LogP contribution is 2.30. The van der Waals surface area contributed by atoms with Gasteiger partial charge >= 0.3 is 0 Å². The standard InChI is InChI=1S/C16H21N5/c1-6-18-12-20(10-1)15-4-9-19-16-14(15)5-11-21(16)13-2-7-17-8-3-13/h1,4-5,9-11,13,17-18H,2-3,6-8,12H2. The molecule has 2 aliphatic rings. The fourth-order valence-electron chi connectivity index (χ4n) is 3.34. The number of fused-ring (bicyclic) bond motifs is 1. The Labute approximate surface area is 124 Å². The van der Waals surface area contributed by atoms with Crippen molar-refractivity contribution in [2.45, 2.75) is 18.9 Å². The number of hydrogen-bond donors (Lipinski definition) is 2. The molecule has 2 aromatic rings. The Kier molecular flexibility index (Phi) is 3.37. The van der Waals surface area contributed by atoms with Crippen molar-refractivity contribution in [3.63, 3.8) is 0 Å². The number of nitrogens with zero attached hydrogens (tertiary/aromatic N) is 3. The average Bonchev–Trinajstić information content (AvgIpc) is 3.00. The van der Waals surface area contributed by atoms with Gasteiger partial charge in [0.05, 0.1) is 12.4 Å². The van der Waals surface area contributed by atoms with Gasteiger partial charge < -0.3 is 14.8 Å². The summed E-state index contributed by atoms with van der Waals surface area (Å²) in [7, 11) is 0. The summed E-state index contributed by atoms with van der Waals surface area (Å²) in [6.07, 6.45) is 10.8. The molecule has 21 heavy (non-hydrogen) atoms. The molecule has 0 atom stereocenters. The van der Waals surface area contributed by atoms with E-state index in [1.807, 2.05) is 6.20 Å². The number of piperidine rings is 1. The predicted octanol–water partition coefficient (Wildman–Crippen LogP) is 1.84. The van der Waals surface area contributed by atoms with E-state index in [0.29, 0.717) is 6.04 Å². The van der Waals surface area contributed by atoms with Crippen molar-refractivity contribution in [3.05, 3.63) is 36.8 Å². The van der Waals surface area contributed by atoms with Gasteiger partial charge in [-0.25, -0.2) is 4.98 Å². The molecule has 0 radical (unpaired) electrons. The number of nitrogens with one attached hydrogen (secondary N) is 2. The summed E-state index contributed by atoms with van der Waals surface area (Å²) in [5.41, 5.74) is 2.34. The molecular formula is C16H21N5. The van der Waals surface area contributed by atoms with Gasteiger partial charge in [0.25, 0.3) is 0 Å². The molecule has 2 N–H and O–H groups in total. The molecule has 0 aromatic carbocycles. The summed E-state index contributed by atoms with van der Waals surface area (Å²) in [6.45, 7) is 4.00. The molecule has 2 aromatic heterocycles. The molecule has 1 saturated heterocycles. The highest BCUT2D eigenvalue weighted by molar-refractivity contribution is 5.90. The van der Waals surface area contributed by atoms with E-state index in [0.717, 1.165) is 32.0 Å². The molecule has 0 unspecified atom stereocenters. The molecule has 4 heterocycles. The van der Waals surface area contributed by atoms with Crippen LogP contribution in [-0.2, 0) is 0 Å². The quantitative estimate of drug-likeness (QED) is 0.883. The van der Waals surface area contributed by atoms with Crippen LogP contribution in [0.25, 0.3) is 11.0 Å². The highest BCUT2D eigenvalue weighted by atomic mass is 15.2. The first-order valence-corrected chi connectivity index (χ1v) is 7.74. The van der Waals surface area contributed by atoms with Crippen LogP contribution in [0.3, 0.4) is 0 Å². The van der Waals surface area contributed by atoms with Crippen LogP contribution in [0.4, 0.5) is 5.69 Å². The first-order valence-electron chi connectivity index (χ1n) is 7.74. The van der Waals surface area contributed by atoms with Gasteiger partial charge in [-0.2, -0.15) is 0 Å². The molecule has 1 fully saturated rings. The molecule has 0 bridgehead atoms. The van der Waals surface area contributed by atoms with Crippen molar-refractivity contribution in [2.24, 2.45) is 0 Å². The van der Waals surface area contributed by atoms with E-state index in [-0.39, 0.29) is 0 Å². The van der Waals surface area contributed by atoms with Crippen molar-refractivity contribution in [3.8, 4) is 0 Å². The molecule has 110 valence electrons. The van der Waals surface area contributed by atoms with Gasteiger partial charge in [0.15, 0.2) is 0 Å². The summed E-state index contributed by atoms with van der Waals surface area (Å²) in [4.78, 5) is 6.89. The summed E-state index contributed by atoms with van der Waals surface area (Å²) in [5.74, 6) is 0. The SMILES string of the molecule is C1=CN(c2ccnc3c2ccn3C2CCNCC2)CNC1. The highest BCUT2D eigenvalue weighted by Gasteiger charge is 2.19. The van der Waals surface area contributed by atoms with E-state index in [1.54, 1.807) is 0 Å². The Morgan fingerprint density at radius 3 is 2.86 bits per heavy atom. The van der Waals surface area contributed by atoms with Crippen LogP contribution < -0.4 is 15.5 Å². The monoisotopic (exact) mass is 283 g/mol. The molecular weight excluding hydrogens is 262 g/mol. The minimum atomic E-state index is 0.571. The van der Waals surface area contributed by atoms with Crippen LogP contribution in [-0.4, -0.2) is 35.9 Å². The Balaban J connectivity index is 1.75. The third-order valence-electron chi connectivity index (χ3n) is 4.43. The number of anilines is 1. The minimum Gasteiger partial charge on any atom is -0.334 e. The van der Waals surface area contributed by atoms with Gasteiger partial charge in [-0.05, 0) is 38.1 Å². The number of hydrogen-bond acceptors (Lipinski definition) is 4. The lowest BCUT2D eigenvalue weighted by molar-refractivity contribution is 0.375. The molecule has 0 spiro atoms. The van der Waals surface area contributed by atoms with E-state index in [1.165, 1.54) is 23.9 Å². The third kappa shape index (κ3) is 2.32. The van der Waals surface area contributed by atoms with Crippen LogP contribution >= 0.6 is 0 Å². The number of aromatic nitrogens is 2. The Hall–Kier alpha value is -1.85. The second kappa shape index (κ2) is 5.50. The maximum absolute atomic E-state index is 4.64. The largest absolute Gasteiger partial charge is 0.334 e. The summed E-state index contributed by atoms with van der Waals surface area (Å²) in [5, 5.41) is 8.04. The van der Waals surface area contributed by atoms with E-state index in [2.05, 4.69) is 55.7 Å². The normalized spacial score (nSPS) is 20.3. The van der Waals surface area contributed by atoms with Crippen LogP contribution in [0.5, 0.6) is 0 Å². The molecule has 5 nitrogen and oxygen atoms in total. The molecule has 0 saturated carbocycles. The van der Waals surface area contributed by atoms with Crippen molar-refractivity contribution in [1.29, 1.82) is 0 Å². The second-order valence-corrected chi connectivity index (χ2v) is 5.74. The maximum atomic E-state index is 4.64. The zero-order valence-corrected chi connectivity index (χ0v) is 12.1. The van der Waals surface area contributed by atoms with Crippen LogP contribution in [0.2, 0.25) is 0 Å². The lowest BCUT2D eigenvalue weighted by Crippen LogP contribution is -2.34. The van der Waals surface area contributed by atoms with Crippen molar-refractivity contribution in [1.82, 2.24) is 20.2 Å². The summed E-state index contributed by atoms with van der Waals surface area (Å²) < 4.78 is 2.36. The fourth-order valence-corrected chi connectivity index (χ4v) is 3.34. The number of pyridine rings is 1. The Bertz CT molecular complexity index is 654. The minimum absolute atomic E-state index is 0.571. The second-order valence-electron chi connectivity index (χ2n) is 5.74. The van der Waals surface area contributed by atoms with E-state index < -0.39 is 0 Å². The van der Waals surface area contributed by atoms with Gasteiger partial charge in [-0.3, -0.25) is 5.32 Å². The van der Waals surface area contributed by atoms with Gasteiger partial charge in [0.2, 0.25) is 0 Å². The average molecular weight is 283 g/mol. The Morgan fingerprint density at radius 1 is 1.14 bits per heavy atom. The fraction of sp³-hybridized carbons (Fsp3) is 0.438. The lowest BCUT2D eigenvalue weighted by Gasteiger charge is -2.26. The molecule has 0 aliphatic carbocycles. The molecule has 4 rings (SSSR count). The zero-order chi connectivity index (χ0) is 14.1. The van der Waals surface area contributed by atoms with Gasteiger partial charge in [-0.1, -0.05) is 6.08 Å². The van der Waals surface area contributed by atoms with E-state index in [9.17, 15) is 0 Å². The van der Waals surface area contributed by atoms with E-state index >= 15 is 0 Å². The number of rotatable bonds is 2. The molecule has 0 amide bonds. The van der Waals surface area contributed by atoms with Crippen molar-refractivity contribution in [2.75, 3.05) is 31.2 Å². The van der Waals surface area contributed by atoms with E-state index in [4.69, 9.17) is 0 Å². The van der Waals surface area contributed by atoms with Gasteiger partial charge in [0, 0.05) is 36.6 Å². The van der Waals surface area contributed by atoms with Crippen molar-refractivity contribution >= 4 is 16.7 Å². The predicted molar refractivity (Wildman–Crippen MR) is 85.4 cm³/mol.